The van der Waals surface area contributed by atoms with Crippen LogP contribution in [0.3, 0.4) is 0 Å². The lowest BCUT2D eigenvalue weighted by Gasteiger charge is -2.24. The van der Waals surface area contributed by atoms with Crippen LogP contribution in [-0.2, 0) is 4.79 Å². The van der Waals surface area contributed by atoms with E-state index in [-0.39, 0.29) is 17.0 Å². The first-order chi connectivity index (χ1) is 12.2. The minimum absolute atomic E-state index is 0.112. The first-order valence-corrected chi connectivity index (χ1v) is 8.97. The largest absolute Gasteiger partial charge is 0.289 e. The molecule has 0 aliphatic heterocycles. The molecule has 3 aromatic carbocycles. The van der Waals surface area contributed by atoms with Crippen molar-refractivity contribution in [3.8, 4) is 0 Å². The van der Waals surface area contributed by atoms with Gasteiger partial charge in [-0.05, 0) is 24.3 Å². The van der Waals surface area contributed by atoms with E-state index in [1.165, 1.54) is 0 Å². The van der Waals surface area contributed by atoms with E-state index in [2.05, 4.69) is 15.9 Å². The van der Waals surface area contributed by atoms with Crippen LogP contribution in [0.1, 0.15) is 15.9 Å². The van der Waals surface area contributed by atoms with Gasteiger partial charge in [-0.25, -0.2) is 0 Å². The normalized spacial score (nSPS) is 10.3. The van der Waals surface area contributed by atoms with Crippen molar-refractivity contribution in [2.75, 3.05) is 10.2 Å². The summed E-state index contributed by atoms with van der Waals surface area (Å²) in [6, 6.07) is 25.6. The van der Waals surface area contributed by atoms with Crippen molar-refractivity contribution in [1.29, 1.82) is 0 Å². The van der Waals surface area contributed by atoms with E-state index in [1.807, 2.05) is 60.7 Å². The Morgan fingerprint density at radius 3 is 1.96 bits per heavy atom. The second-order valence-electron chi connectivity index (χ2n) is 5.41. The number of ketones is 1. The lowest BCUT2D eigenvalue weighted by molar-refractivity contribution is -0.115. The number of hydrogen-bond donors (Lipinski definition) is 0. The second-order valence-corrected chi connectivity index (χ2v) is 5.97. The summed E-state index contributed by atoms with van der Waals surface area (Å²) in [4.78, 5) is 27.1. The topological polar surface area (TPSA) is 37.4 Å². The molecule has 25 heavy (non-hydrogen) atoms. The maximum atomic E-state index is 13.0. The highest BCUT2D eigenvalue weighted by Gasteiger charge is 2.22. The van der Waals surface area contributed by atoms with E-state index in [0.29, 0.717) is 16.8 Å². The highest BCUT2D eigenvalue weighted by molar-refractivity contribution is 9.09. The Labute approximate surface area is 155 Å². The average Bonchev–Trinajstić information content (AvgIpc) is 2.69. The van der Waals surface area contributed by atoms with Crippen molar-refractivity contribution in [1.82, 2.24) is 0 Å². The molecule has 0 saturated heterocycles. The van der Waals surface area contributed by atoms with Crippen LogP contribution in [-0.4, -0.2) is 17.0 Å². The van der Waals surface area contributed by atoms with Crippen LogP contribution in [0.2, 0.25) is 0 Å². The number of rotatable bonds is 5. The summed E-state index contributed by atoms with van der Waals surface area (Å²) in [7, 11) is 0. The first-order valence-electron chi connectivity index (χ1n) is 7.85. The van der Waals surface area contributed by atoms with Gasteiger partial charge in [0.05, 0.1) is 11.0 Å². The molecule has 4 heteroatoms. The molecule has 0 heterocycles. The van der Waals surface area contributed by atoms with Gasteiger partial charge in [0.2, 0.25) is 5.91 Å². The molecule has 0 saturated carbocycles. The Bertz CT molecular complexity index is 879. The second kappa shape index (κ2) is 7.90. The molecule has 3 nitrogen and oxygen atoms in total. The molecule has 0 radical (unpaired) electrons. The Morgan fingerprint density at radius 1 is 0.760 bits per heavy atom. The van der Waals surface area contributed by atoms with Crippen molar-refractivity contribution in [3.05, 3.63) is 96.1 Å². The number of anilines is 2. The fourth-order valence-electron chi connectivity index (χ4n) is 2.66. The summed E-state index contributed by atoms with van der Waals surface area (Å²) < 4.78 is 0. The molecule has 124 valence electrons. The summed E-state index contributed by atoms with van der Waals surface area (Å²) in [5.74, 6) is -0.251. The summed E-state index contributed by atoms with van der Waals surface area (Å²) in [5.41, 5.74) is 2.38. The first kappa shape index (κ1) is 17.1. The number of halogens is 1. The van der Waals surface area contributed by atoms with Crippen molar-refractivity contribution < 1.29 is 9.59 Å². The number of nitrogens with zero attached hydrogens (tertiary/aromatic N) is 1. The predicted molar refractivity (Wildman–Crippen MR) is 104 cm³/mol. The zero-order valence-corrected chi connectivity index (χ0v) is 15.0. The fourth-order valence-corrected chi connectivity index (χ4v) is 2.91. The Hall–Kier alpha value is -2.72. The zero-order valence-electron chi connectivity index (χ0n) is 13.4. The van der Waals surface area contributed by atoms with Crippen LogP contribution in [0.25, 0.3) is 0 Å². The van der Waals surface area contributed by atoms with Crippen molar-refractivity contribution >= 4 is 39.0 Å². The molecule has 0 aromatic heterocycles. The van der Waals surface area contributed by atoms with Crippen LogP contribution >= 0.6 is 15.9 Å². The molecule has 3 rings (SSSR count). The van der Waals surface area contributed by atoms with E-state index < -0.39 is 0 Å². The van der Waals surface area contributed by atoms with E-state index in [4.69, 9.17) is 0 Å². The summed E-state index contributed by atoms with van der Waals surface area (Å²) in [6.07, 6.45) is 0. The molecule has 0 atom stereocenters. The van der Waals surface area contributed by atoms with Gasteiger partial charge in [0, 0.05) is 16.8 Å². The molecule has 0 unspecified atom stereocenters. The van der Waals surface area contributed by atoms with Crippen LogP contribution < -0.4 is 4.90 Å². The van der Waals surface area contributed by atoms with Gasteiger partial charge in [-0.15, -0.1) is 0 Å². The minimum Gasteiger partial charge on any atom is -0.289 e. The van der Waals surface area contributed by atoms with Crippen LogP contribution in [0.15, 0.2) is 84.9 Å². The highest BCUT2D eigenvalue weighted by atomic mass is 79.9. The van der Waals surface area contributed by atoms with Crippen molar-refractivity contribution in [3.63, 3.8) is 0 Å². The third kappa shape index (κ3) is 3.69. The lowest BCUT2D eigenvalue weighted by Crippen LogP contribution is -2.28. The number of amides is 1. The number of benzene rings is 3. The average molecular weight is 394 g/mol. The predicted octanol–water partition coefficient (Wildman–Crippen LogP) is 4.98. The molecule has 0 bridgehead atoms. The van der Waals surface area contributed by atoms with Crippen LogP contribution in [0, 0.1) is 0 Å². The van der Waals surface area contributed by atoms with Gasteiger partial charge in [-0.1, -0.05) is 76.6 Å². The monoisotopic (exact) mass is 393 g/mol. The number of para-hydroxylation sites is 2. The molecule has 0 aliphatic rings. The highest BCUT2D eigenvalue weighted by Crippen LogP contribution is 2.30. The fraction of sp³-hybridized carbons (Fsp3) is 0.0476. The SMILES string of the molecule is O=C(c1ccccc1)c1ccccc1N(C(=O)CBr)c1ccccc1. The number of alkyl halides is 1. The Balaban J connectivity index is 2.12. The molecule has 0 fully saturated rings. The molecule has 0 spiro atoms. The van der Waals surface area contributed by atoms with Crippen LogP contribution in [0.5, 0.6) is 0 Å². The summed E-state index contributed by atoms with van der Waals surface area (Å²) in [6.45, 7) is 0. The maximum absolute atomic E-state index is 13.0. The Kier molecular flexibility index (Phi) is 5.41. The molecule has 0 N–H and O–H groups in total. The van der Waals surface area contributed by atoms with Crippen molar-refractivity contribution in [2.45, 2.75) is 0 Å². The van der Waals surface area contributed by atoms with Gasteiger partial charge in [-0.2, -0.15) is 0 Å². The third-order valence-electron chi connectivity index (χ3n) is 3.80. The van der Waals surface area contributed by atoms with Gasteiger partial charge in [-0.3, -0.25) is 14.5 Å². The number of carbonyl (C=O) groups is 2. The number of hydrogen-bond acceptors (Lipinski definition) is 2. The van der Waals surface area contributed by atoms with Gasteiger partial charge in [0.15, 0.2) is 5.78 Å². The molecule has 0 aliphatic carbocycles. The molecular weight excluding hydrogens is 378 g/mol. The third-order valence-corrected chi connectivity index (χ3v) is 4.28. The zero-order chi connectivity index (χ0) is 17.6. The van der Waals surface area contributed by atoms with E-state index in [9.17, 15) is 9.59 Å². The molecule has 1 amide bonds. The van der Waals surface area contributed by atoms with Crippen molar-refractivity contribution in [2.24, 2.45) is 0 Å². The maximum Gasteiger partial charge on any atom is 0.242 e. The quantitative estimate of drug-likeness (QED) is 0.452. The summed E-state index contributed by atoms with van der Waals surface area (Å²) in [5, 5.41) is 0.162. The number of carbonyl (C=O) groups excluding carboxylic acids is 2. The summed E-state index contributed by atoms with van der Waals surface area (Å²) >= 11 is 3.24. The smallest absolute Gasteiger partial charge is 0.242 e. The van der Waals surface area contributed by atoms with E-state index >= 15 is 0 Å². The van der Waals surface area contributed by atoms with Gasteiger partial charge < -0.3 is 0 Å². The van der Waals surface area contributed by atoms with Gasteiger partial charge in [0.25, 0.3) is 0 Å². The molecular formula is C21H16BrNO2. The lowest BCUT2D eigenvalue weighted by atomic mass is 10.0. The van der Waals surface area contributed by atoms with Gasteiger partial charge >= 0.3 is 0 Å². The minimum atomic E-state index is -0.139. The standard InChI is InChI=1S/C21H16BrNO2/c22-15-20(24)23(17-11-5-2-6-12-17)19-14-8-7-13-18(19)21(25)16-9-3-1-4-10-16/h1-14H,15H2. The van der Waals surface area contributed by atoms with Gasteiger partial charge in [0.1, 0.15) is 0 Å². The van der Waals surface area contributed by atoms with Crippen LogP contribution in [0.4, 0.5) is 11.4 Å². The Morgan fingerprint density at radius 2 is 1.32 bits per heavy atom. The van der Waals surface area contributed by atoms with E-state index in [0.717, 1.165) is 5.69 Å². The van der Waals surface area contributed by atoms with E-state index in [1.54, 1.807) is 29.2 Å². The molecule has 3 aromatic rings.